The largest absolute Gasteiger partial charge is 0.330 e. The highest BCUT2D eigenvalue weighted by Crippen LogP contribution is 2.33. The highest BCUT2D eigenvalue weighted by molar-refractivity contribution is 9.10. The molecule has 1 saturated heterocycles. The van der Waals surface area contributed by atoms with E-state index in [1.807, 2.05) is 0 Å². The second-order valence-corrected chi connectivity index (χ2v) is 6.55. The first-order chi connectivity index (χ1) is 7.19. The molecular weight excluding hydrogens is 296 g/mol. The van der Waals surface area contributed by atoms with E-state index in [2.05, 4.69) is 26.9 Å². The first-order valence-corrected chi connectivity index (χ1v) is 7.04. The third-order valence-corrected chi connectivity index (χ3v) is 5.24. The summed E-state index contributed by atoms with van der Waals surface area (Å²) >= 11 is 11.1. The first kappa shape index (κ1) is 11.9. The molecule has 0 spiro atoms. The maximum Gasteiger partial charge on any atom is 0.107 e. The Balaban J connectivity index is 1.92. The van der Waals surface area contributed by atoms with E-state index in [9.17, 15) is 0 Å². The average Bonchev–Trinajstić information content (AvgIpc) is 2.76. The predicted molar refractivity (Wildman–Crippen MR) is 69.5 cm³/mol. The van der Waals surface area contributed by atoms with E-state index >= 15 is 0 Å². The van der Waals surface area contributed by atoms with Gasteiger partial charge >= 0.3 is 0 Å². The van der Waals surface area contributed by atoms with Gasteiger partial charge in [0.05, 0.1) is 0 Å². The van der Waals surface area contributed by atoms with E-state index in [1.165, 1.54) is 11.3 Å². The van der Waals surface area contributed by atoms with Crippen molar-refractivity contribution in [3.8, 4) is 0 Å². The molecule has 0 aromatic carbocycles. The van der Waals surface area contributed by atoms with Crippen LogP contribution in [0.4, 0.5) is 0 Å². The van der Waals surface area contributed by atoms with Crippen molar-refractivity contribution in [1.29, 1.82) is 0 Å². The van der Waals surface area contributed by atoms with Gasteiger partial charge in [-0.05, 0) is 47.4 Å². The van der Waals surface area contributed by atoms with Gasteiger partial charge in [-0.3, -0.25) is 4.90 Å². The molecule has 0 amide bonds. The minimum absolute atomic E-state index is 0.684. The van der Waals surface area contributed by atoms with Gasteiger partial charge in [-0.2, -0.15) is 0 Å². The monoisotopic (exact) mass is 308 g/mol. The standard InChI is InChI=1S/C10H14BrClN2S/c11-9-3-8(15-10(9)12)6-14-2-1-7(4-13)5-14/h3,7H,1-2,4-6,13H2. The third kappa shape index (κ3) is 2.94. The van der Waals surface area contributed by atoms with Crippen LogP contribution < -0.4 is 5.73 Å². The quantitative estimate of drug-likeness (QED) is 0.930. The predicted octanol–water partition coefficient (Wildman–Crippen LogP) is 2.94. The highest BCUT2D eigenvalue weighted by Gasteiger charge is 2.21. The number of nitrogens with zero attached hydrogens (tertiary/aromatic N) is 1. The van der Waals surface area contributed by atoms with Crippen LogP contribution in [0.1, 0.15) is 11.3 Å². The van der Waals surface area contributed by atoms with E-state index in [4.69, 9.17) is 17.3 Å². The Labute approximate surface area is 108 Å². The topological polar surface area (TPSA) is 29.3 Å². The lowest BCUT2D eigenvalue weighted by Gasteiger charge is -2.13. The summed E-state index contributed by atoms with van der Waals surface area (Å²) < 4.78 is 1.86. The average molecular weight is 310 g/mol. The molecule has 15 heavy (non-hydrogen) atoms. The van der Waals surface area contributed by atoms with Crippen LogP contribution >= 0.6 is 38.9 Å². The smallest absolute Gasteiger partial charge is 0.107 e. The lowest BCUT2D eigenvalue weighted by Crippen LogP contribution is -2.22. The normalized spacial score (nSPS) is 22.5. The van der Waals surface area contributed by atoms with Gasteiger partial charge in [0.25, 0.3) is 0 Å². The number of halogens is 2. The molecular formula is C10H14BrClN2S. The van der Waals surface area contributed by atoms with Gasteiger partial charge in [0.15, 0.2) is 0 Å². The molecule has 0 radical (unpaired) electrons. The molecule has 2 N–H and O–H groups in total. The third-order valence-electron chi connectivity index (χ3n) is 2.78. The molecule has 1 aliphatic heterocycles. The molecule has 0 bridgehead atoms. The lowest BCUT2D eigenvalue weighted by molar-refractivity contribution is 0.320. The molecule has 84 valence electrons. The molecule has 1 aromatic rings. The maximum atomic E-state index is 6.00. The van der Waals surface area contributed by atoms with Crippen LogP contribution in [0.5, 0.6) is 0 Å². The zero-order chi connectivity index (χ0) is 10.8. The van der Waals surface area contributed by atoms with Gasteiger partial charge in [-0.25, -0.2) is 0 Å². The van der Waals surface area contributed by atoms with Crippen molar-refractivity contribution in [2.75, 3.05) is 19.6 Å². The lowest BCUT2D eigenvalue weighted by atomic mass is 10.1. The Bertz CT molecular complexity index is 323. The summed E-state index contributed by atoms with van der Waals surface area (Å²) in [6.45, 7) is 4.11. The van der Waals surface area contributed by atoms with Crippen LogP contribution in [0.2, 0.25) is 4.34 Å². The van der Waals surface area contributed by atoms with Crippen molar-refractivity contribution in [2.24, 2.45) is 11.7 Å². The van der Waals surface area contributed by atoms with Crippen molar-refractivity contribution in [1.82, 2.24) is 4.90 Å². The van der Waals surface area contributed by atoms with Gasteiger partial charge in [-0.15, -0.1) is 11.3 Å². The molecule has 1 aromatic heterocycles. The van der Waals surface area contributed by atoms with Crippen molar-refractivity contribution in [2.45, 2.75) is 13.0 Å². The summed E-state index contributed by atoms with van der Waals surface area (Å²) in [4.78, 5) is 3.77. The molecule has 0 saturated carbocycles. The minimum Gasteiger partial charge on any atom is -0.330 e. The van der Waals surface area contributed by atoms with Crippen LogP contribution in [0, 0.1) is 5.92 Å². The zero-order valence-electron chi connectivity index (χ0n) is 8.38. The van der Waals surface area contributed by atoms with E-state index in [1.54, 1.807) is 11.3 Å². The summed E-state index contributed by atoms with van der Waals surface area (Å²) in [7, 11) is 0. The van der Waals surface area contributed by atoms with Crippen molar-refractivity contribution >= 4 is 38.9 Å². The summed E-state index contributed by atoms with van der Waals surface area (Å²) in [5.74, 6) is 0.684. The fraction of sp³-hybridized carbons (Fsp3) is 0.600. The maximum absolute atomic E-state index is 6.00. The first-order valence-electron chi connectivity index (χ1n) is 5.05. The Morgan fingerprint density at radius 3 is 3.00 bits per heavy atom. The molecule has 1 atom stereocenters. The molecule has 5 heteroatoms. The Morgan fingerprint density at radius 1 is 1.67 bits per heavy atom. The highest BCUT2D eigenvalue weighted by atomic mass is 79.9. The molecule has 2 nitrogen and oxygen atoms in total. The van der Waals surface area contributed by atoms with Gasteiger partial charge in [0.2, 0.25) is 0 Å². The zero-order valence-corrected chi connectivity index (χ0v) is 11.5. The summed E-state index contributed by atoms with van der Waals surface area (Å²) in [6, 6.07) is 2.11. The SMILES string of the molecule is NCC1CCN(Cc2cc(Br)c(Cl)s2)C1. The van der Waals surface area contributed by atoms with E-state index < -0.39 is 0 Å². The van der Waals surface area contributed by atoms with Gasteiger partial charge in [-0.1, -0.05) is 11.6 Å². The van der Waals surface area contributed by atoms with Crippen LogP contribution in [-0.4, -0.2) is 24.5 Å². The Hall–Kier alpha value is 0.390. The number of hydrogen-bond acceptors (Lipinski definition) is 3. The number of rotatable bonds is 3. The summed E-state index contributed by atoms with van der Waals surface area (Å²) in [6.07, 6.45) is 1.23. The molecule has 2 rings (SSSR count). The fourth-order valence-electron chi connectivity index (χ4n) is 1.94. The van der Waals surface area contributed by atoms with Crippen LogP contribution in [0.15, 0.2) is 10.5 Å². The number of likely N-dealkylation sites (tertiary alicyclic amines) is 1. The second-order valence-electron chi connectivity index (χ2n) is 3.96. The van der Waals surface area contributed by atoms with Gasteiger partial charge < -0.3 is 5.73 Å². The van der Waals surface area contributed by atoms with Gasteiger partial charge in [0, 0.05) is 22.4 Å². The number of hydrogen-bond donors (Lipinski definition) is 1. The number of nitrogens with two attached hydrogens (primary N) is 1. The fourth-order valence-corrected chi connectivity index (χ4v) is 3.77. The molecule has 2 heterocycles. The van der Waals surface area contributed by atoms with Crippen molar-refractivity contribution in [3.63, 3.8) is 0 Å². The van der Waals surface area contributed by atoms with E-state index in [0.717, 1.165) is 35.0 Å². The van der Waals surface area contributed by atoms with E-state index in [-0.39, 0.29) is 0 Å². The van der Waals surface area contributed by atoms with Gasteiger partial charge in [0.1, 0.15) is 4.34 Å². The Morgan fingerprint density at radius 2 is 2.47 bits per heavy atom. The van der Waals surface area contributed by atoms with Crippen LogP contribution in [-0.2, 0) is 6.54 Å². The molecule has 1 unspecified atom stereocenters. The molecule has 1 fully saturated rings. The van der Waals surface area contributed by atoms with Crippen molar-refractivity contribution < 1.29 is 0 Å². The minimum atomic E-state index is 0.684. The molecule has 1 aliphatic rings. The summed E-state index contributed by atoms with van der Waals surface area (Å²) in [5, 5.41) is 0. The second kappa shape index (κ2) is 5.15. The molecule has 0 aliphatic carbocycles. The van der Waals surface area contributed by atoms with Crippen LogP contribution in [0.25, 0.3) is 0 Å². The van der Waals surface area contributed by atoms with E-state index in [0.29, 0.717) is 5.92 Å². The van der Waals surface area contributed by atoms with Crippen LogP contribution in [0.3, 0.4) is 0 Å². The number of thiophene rings is 1. The van der Waals surface area contributed by atoms with Crippen molar-refractivity contribution in [3.05, 3.63) is 19.8 Å². The Kier molecular flexibility index (Phi) is 4.07. The summed E-state index contributed by atoms with van der Waals surface area (Å²) in [5.41, 5.74) is 5.66.